The molecule has 0 N–H and O–H groups in total. The first-order valence-electron chi connectivity index (χ1n) is 12.5. The van der Waals surface area contributed by atoms with Crippen LogP contribution in [0.4, 0.5) is 0 Å². The minimum atomic E-state index is -0.0150. The van der Waals surface area contributed by atoms with Gasteiger partial charge in [0.2, 0.25) is 0 Å². The van der Waals surface area contributed by atoms with Gasteiger partial charge in [0.15, 0.2) is 0 Å². The summed E-state index contributed by atoms with van der Waals surface area (Å²) in [6.45, 7) is 5.49. The van der Waals surface area contributed by atoms with Gasteiger partial charge in [0.25, 0.3) is 6.47 Å². The molecule has 1 unspecified atom stereocenters. The van der Waals surface area contributed by atoms with Gasteiger partial charge < -0.3 is 9.47 Å². The van der Waals surface area contributed by atoms with Crippen molar-refractivity contribution in [1.82, 2.24) is 0 Å². The van der Waals surface area contributed by atoms with Crippen LogP contribution in [-0.2, 0) is 19.1 Å². The van der Waals surface area contributed by atoms with Gasteiger partial charge in [-0.25, -0.2) is 0 Å². The van der Waals surface area contributed by atoms with Gasteiger partial charge in [0.05, 0.1) is 6.61 Å². The van der Waals surface area contributed by atoms with E-state index in [0.29, 0.717) is 19.5 Å². The van der Waals surface area contributed by atoms with Gasteiger partial charge in [-0.3, -0.25) is 9.59 Å². The molecule has 0 fully saturated rings. The maximum atomic E-state index is 12.3. The van der Waals surface area contributed by atoms with Crippen molar-refractivity contribution in [1.29, 1.82) is 0 Å². The van der Waals surface area contributed by atoms with Crippen molar-refractivity contribution >= 4 is 12.4 Å². The fourth-order valence-corrected chi connectivity index (χ4v) is 3.67. The zero-order chi connectivity index (χ0) is 21.4. The van der Waals surface area contributed by atoms with E-state index in [1.165, 1.54) is 70.6 Å². The van der Waals surface area contributed by atoms with E-state index < -0.39 is 0 Å². The fourth-order valence-electron chi connectivity index (χ4n) is 3.67. The largest absolute Gasteiger partial charge is 0.468 e. The van der Waals surface area contributed by atoms with E-state index in [9.17, 15) is 9.59 Å². The highest BCUT2D eigenvalue weighted by atomic mass is 16.5. The predicted octanol–water partition coefficient (Wildman–Crippen LogP) is 7.52. The quantitative estimate of drug-likeness (QED) is 0.0989. The summed E-state index contributed by atoms with van der Waals surface area (Å²) in [5.41, 5.74) is 0. The number of carbonyl (C=O) groups excluding carboxylic acids is 2. The van der Waals surface area contributed by atoms with Crippen LogP contribution < -0.4 is 0 Å². The van der Waals surface area contributed by atoms with Crippen LogP contribution >= 0.6 is 0 Å². The monoisotopic (exact) mass is 412 g/mol. The normalized spacial score (nSPS) is 11.9. The van der Waals surface area contributed by atoms with E-state index >= 15 is 0 Å². The molecule has 0 amide bonds. The summed E-state index contributed by atoms with van der Waals surface area (Å²) in [6.07, 6.45) is 21.7. The summed E-state index contributed by atoms with van der Waals surface area (Å²) in [6, 6.07) is 0. The van der Waals surface area contributed by atoms with Gasteiger partial charge in [0, 0.05) is 6.42 Å². The second-order valence-corrected chi connectivity index (χ2v) is 8.36. The second kappa shape index (κ2) is 23.2. The highest BCUT2D eigenvalue weighted by Crippen LogP contribution is 2.18. The van der Waals surface area contributed by atoms with E-state index in [1.54, 1.807) is 0 Å². The minimum absolute atomic E-state index is 0.0150. The molecule has 0 aliphatic rings. The average Bonchev–Trinajstić information content (AvgIpc) is 2.72. The van der Waals surface area contributed by atoms with Crippen molar-refractivity contribution in [2.45, 2.75) is 142 Å². The van der Waals surface area contributed by atoms with Crippen molar-refractivity contribution in [3.05, 3.63) is 0 Å². The molecular formula is C25H48O4. The first-order valence-corrected chi connectivity index (χ1v) is 12.5. The topological polar surface area (TPSA) is 52.6 Å². The van der Waals surface area contributed by atoms with Crippen LogP contribution in [0.3, 0.4) is 0 Å². The predicted molar refractivity (Wildman–Crippen MR) is 121 cm³/mol. The molecule has 29 heavy (non-hydrogen) atoms. The maximum Gasteiger partial charge on any atom is 0.306 e. The average molecular weight is 413 g/mol. The summed E-state index contributed by atoms with van der Waals surface area (Å²) in [5, 5.41) is 0. The number of carbonyl (C=O) groups is 2. The number of esters is 1. The maximum absolute atomic E-state index is 12.3. The summed E-state index contributed by atoms with van der Waals surface area (Å²) in [7, 11) is 0. The third-order valence-corrected chi connectivity index (χ3v) is 5.52. The highest BCUT2D eigenvalue weighted by molar-refractivity contribution is 5.69. The first-order chi connectivity index (χ1) is 14.2. The van der Waals surface area contributed by atoms with E-state index in [4.69, 9.17) is 4.74 Å². The Morgan fingerprint density at radius 1 is 0.690 bits per heavy atom. The fraction of sp³-hybridized carbons (Fsp3) is 0.920. The van der Waals surface area contributed by atoms with Gasteiger partial charge in [-0.05, 0) is 38.5 Å². The third-order valence-electron chi connectivity index (χ3n) is 5.52. The SMILES string of the molecule is CCCCCCCCC(CCCCCCC)OC(=O)CCCCCCCOC=O. The van der Waals surface area contributed by atoms with Gasteiger partial charge >= 0.3 is 5.97 Å². The first kappa shape index (κ1) is 27.9. The standard InChI is InChI=1S/C25H48O4/c1-3-5-7-9-12-16-20-24(19-15-11-8-6-4-2)29-25(27)21-17-13-10-14-18-22-28-23-26/h23-24H,3-22H2,1-2H3. The van der Waals surface area contributed by atoms with Crippen molar-refractivity contribution in [3.8, 4) is 0 Å². The molecule has 0 bridgehead atoms. The van der Waals surface area contributed by atoms with Crippen molar-refractivity contribution in [3.63, 3.8) is 0 Å². The minimum Gasteiger partial charge on any atom is -0.468 e. The molecule has 0 aliphatic heterocycles. The second-order valence-electron chi connectivity index (χ2n) is 8.36. The lowest BCUT2D eigenvalue weighted by Crippen LogP contribution is -2.18. The zero-order valence-corrected chi connectivity index (χ0v) is 19.4. The molecule has 0 saturated heterocycles. The summed E-state index contributed by atoms with van der Waals surface area (Å²) in [5.74, 6) is -0.0150. The van der Waals surface area contributed by atoms with Crippen LogP contribution in [-0.4, -0.2) is 25.2 Å². The molecule has 0 aromatic rings. The van der Waals surface area contributed by atoms with Crippen LogP contribution in [0.15, 0.2) is 0 Å². The Bertz CT molecular complexity index is 357. The van der Waals surface area contributed by atoms with Gasteiger partial charge in [0.1, 0.15) is 6.10 Å². The van der Waals surface area contributed by atoms with E-state index in [-0.39, 0.29) is 12.1 Å². The van der Waals surface area contributed by atoms with Crippen LogP contribution in [0.2, 0.25) is 0 Å². The van der Waals surface area contributed by atoms with Crippen LogP contribution in [0.1, 0.15) is 136 Å². The molecule has 1 atom stereocenters. The van der Waals surface area contributed by atoms with E-state index in [0.717, 1.165) is 44.9 Å². The van der Waals surface area contributed by atoms with E-state index in [2.05, 4.69) is 18.6 Å². The lowest BCUT2D eigenvalue weighted by atomic mass is 10.0. The van der Waals surface area contributed by atoms with Crippen molar-refractivity contribution < 1.29 is 19.1 Å². The van der Waals surface area contributed by atoms with Crippen molar-refractivity contribution in [2.24, 2.45) is 0 Å². The molecule has 4 heteroatoms. The highest BCUT2D eigenvalue weighted by Gasteiger charge is 2.14. The van der Waals surface area contributed by atoms with Gasteiger partial charge in [-0.1, -0.05) is 90.9 Å². The Morgan fingerprint density at radius 2 is 1.17 bits per heavy atom. The molecule has 0 spiro atoms. The lowest BCUT2D eigenvalue weighted by Gasteiger charge is -2.18. The van der Waals surface area contributed by atoms with Crippen molar-refractivity contribution in [2.75, 3.05) is 6.61 Å². The Labute approximate surface area is 180 Å². The van der Waals surface area contributed by atoms with Gasteiger partial charge in [-0.2, -0.15) is 0 Å². The Morgan fingerprint density at radius 3 is 1.72 bits per heavy atom. The molecule has 4 nitrogen and oxygen atoms in total. The molecule has 0 aromatic carbocycles. The summed E-state index contributed by atoms with van der Waals surface area (Å²) >= 11 is 0. The smallest absolute Gasteiger partial charge is 0.306 e. The van der Waals surface area contributed by atoms with Gasteiger partial charge in [-0.15, -0.1) is 0 Å². The number of hydrogen-bond acceptors (Lipinski definition) is 4. The summed E-state index contributed by atoms with van der Waals surface area (Å²) < 4.78 is 10.5. The molecular weight excluding hydrogens is 364 g/mol. The Kier molecular flexibility index (Phi) is 22.4. The zero-order valence-electron chi connectivity index (χ0n) is 19.4. The molecule has 0 rings (SSSR count). The third kappa shape index (κ3) is 21.5. The number of rotatable bonds is 23. The summed E-state index contributed by atoms with van der Waals surface area (Å²) in [4.78, 5) is 22.3. The molecule has 172 valence electrons. The van der Waals surface area contributed by atoms with Crippen LogP contribution in [0.25, 0.3) is 0 Å². The van der Waals surface area contributed by atoms with Crippen LogP contribution in [0.5, 0.6) is 0 Å². The number of ether oxygens (including phenoxy) is 2. The Balaban J connectivity index is 3.94. The molecule has 0 radical (unpaired) electrons. The lowest BCUT2D eigenvalue weighted by molar-refractivity contribution is -0.150. The molecule has 0 aromatic heterocycles. The van der Waals surface area contributed by atoms with Crippen LogP contribution in [0, 0.1) is 0 Å². The molecule has 0 heterocycles. The molecule has 0 saturated carbocycles. The molecule has 0 aliphatic carbocycles. The number of hydrogen-bond donors (Lipinski definition) is 0. The van der Waals surface area contributed by atoms with E-state index in [1.807, 2.05) is 0 Å². The number of unbranched alkanes of at least 4 members (excludes halogenated alkanes) is 13. The Hall–Kier alpha value is -1.06.